The molecule has 0 aromatic carbocycles. The smallest absolute Gasteiger partial charge is 0.303 e. The molecule has 0 rings (SSSR count). The molecule has 0 aromatic rings. The summed E-state index contributed by atoms with van der Waals surface area (Å²) in [6, 6.07) is 0. The zero-order chi connectivity index (χ0) is 16.3. The summed E-state index contributed by atoms with van der Waals surface area (Å²) in [6.45, 7) is 2.23. The Kier molecular flexibility index (Phi) is 30.5. The predicted octanol–water partition coefficient (Wildman–Crippen LogP) is 5.89. The Balaban J connectivity index is -0.00000220. The molecule has 4 heteroatoms. The molecule has 0 heterocycles. The molecular formula is C20H35CaO2P. The van der Waals surface area contributed by atoms with Crippen LogP contribution in [0.1, 0.15) is 71.1 Å². The molecule has 0 aliphatic carbocycles. The van der Waals surface area contributed by atoms with Crippen LogP contribution in [0.5, 0.6) is 0 Å². The third-order valence-electron chi connectivity index (χ3n) is 3.22. The Morgan fingerprint density at radius 2 is 1.17 bits per heavy atom. The van der Waals surface area contributed by atoms with Crippen LogP contribution < -0.4 is 0 Å². The van der Waals surface area contributed by atoms with Crippen LogP contribution >= 0.6 is 9.90 Å². The van der Waals surface area contributed by atoms with Gasteiger partial charge in [-0.3, -0.25) is 4.79 Å². The van der Waals surface area contributed by atoms with Gasteiger partial charge in [0.2, 0.25) is 0 Å². The number of aliphatic carboxylic acids is 1. The van der Waals surface area contributed by atoms with E-state index in [0.29, 0.717) is 0 Å². The Morgan fingerprint density at radius 1 is 0.750 bits per heavy atom. The number of carboxylic acid groups (broad SMARTS) is 1. The number of carboxylic acids is 1. The fourth-order valence-corrected chi connectivity index (χ4v) is 1.93. The van der Waals surface area contributed by atoms with E-state index in [2.05, 4.69) is 55.5 Å². The first-order chi connectivity index (χ1) is 10.8. The maximum absolute atomic E-state index is 10.3. The molecule has 1 N–H and O–H groups in total. The molecule has 134 valence electrons. The third kappa shape index (κ3) is 27.0. The van der Waals surface area contributed by atoms with Gasteiger partial charge in [0.05, 0.1) is 0 Å². The minimum atomic E-state index is -0.712. The monoisotopic (exact) mass is 378 g/mol. The molecule has 2 nitrogen and oxygen atoms in total. The fraction of sp³-hybridized carbons (Fsp3) is 0.550. The number of hydrogen-bond donors (Lipinski definition) is 1. The summed E-state index contributed by atoms with van der Waals surface area (Å²) in [4.78, 5) is 10.3. The second kappa shape index (κ2) is 25.4. The second-order valence-electron chi connectivity index (χ2n) is 5.37. The number of rotatable bonds is 14. The zero-order valence-corrected chi connectivity index (χ0v) is 19.1. The summed E-state index contributed by atoms with van der Waals surface area (Å²) in [6.07, 6.45) is 27.3. The van der Waals surface area contributed by atoms with Crippen LogP contribution in [-0.2, 0) is 4.79 Å². The Labute approximate surface area is 182 Å². The molecule has 0 fully saturated rings. The first kappa shape index (κ1) is 28.9. The molecule has 0 aliphatic heterocycles. The minimum absolute atomic E-state index is 0. The summed E-state index contributed by atoms with van der Waals surface area (Å²) in [7, 11) is 0. The standard InChI is InChI=1S/C20H32O2.Ca.H3P/c1-2-3-4-5-6-7-8-9-10-11-12-13-14-15-16-17-18-19-20(21)22;;/h6-7,9-10,12-13,15-16H,2-5,8,11,14,17-19H2,1H3,(H,21,22);;1H3/b7-6-,10-9-,13-12-,16-15-;;. The van der Waals surface area contributed by atoms with E-state index in [9.17, 15) is 4.79 Å². The first-order valence-corrected chi connectivity index (χ1v) is 8.59. The molecule has 0 spiro atoms. The predicted molar refractivity (Wildman–Crippen MR) is 113 cm³/mol. The van der Waals surface area contributed by atoms with Gasteiger partial charge in [-0.2, -0.15) is 9.90 Å². The maximum atomic E-state index is 10.3. The molecule has 0 aliphatic rings. The van der Waals surface area contributed by atoms with Gasteiger partial charge in [0.25, 0.3) is 0 Å². The van der Waals surface area contributed by atoms with Crippen LogP contribution in [-0.4, -0.2) is 48.8 Å². The number of hydrogen-bond acceptors (Lipinski definition) is 1. The molecule has 1 unspecified atom stereocenters. The van der Waals surface area contributed by atoms with E-state index in [1.807, 2.05) is 0 Å². The van der Waals surface area contributed by atoms with Gasteiger partial charge in [0.15, 0.2) is 0 Å². The number of carbonyl (C=O) groups is 1. The van der Waals surface area contributed by atoms with Crippen LogP contribution in [0.2, 0.25) is 0 Å². The Bertz CT molecular complexity index is 374. The van der Waals surface area contributed by atoms with E-state index in [1.165, 1.54) is 25.7 Å². The van der Waals surface area contributed by atoms with E-state index in [4.69, 9.17) is 5.11 Å². The number of allylic oxidation sites excluding steroid dienone is 8. The average molecular weight is 379 g/mol. The van der Waals surface area contributed by atoms with E-state index in [1.54, 1.807) is 0 Å². The van der Waals surface area contributed by atoms with Crippen LogP contribution in [0.25, 0.3) is 0 Å². The fourth-order valence-electron chi connectivity index (χ4n) is 1.93. The second-order valence-corrected chi connectivity index (χ2v) is 5.37. The van der Waals surface area contributed by atoms with Crippen molar-refractivity contribution in [1.82, 2.24) is 0 Å². The van der Waals surface area contributed by atoms with Crippen molar-refractivity contribution >= 4 is 53.6 Å². The van der Waals surface area contributed by atoms with E-state index < -0.39 is 5.97 Å². The van der Waals surface area contributed by atoms with E-state index >= 15 is 0 Å². The molecule has 0 saturated heterocycles. The van der Waals surface area contributed by atoms with Crippen LogP contribution in [0, 0.1) is 0 Å². The largest absolute Gasteiger partial charge is 0.481 e. The van der Waals surface area contributed by atoms with Gasteiger partial charge < -0.3 is 5.11 Å². The molecule has 2 radical (unpaired) electrons. The normalized spacial score (nSPS) is 11.4. The topological polar surface area (TPSA) is 37.3 Å². The molecule has 0 bridgehead atoms. The van der Waals surface area contributed by atoms with Gasteiger partial charge in [0, 0.05) is 44.2 Å². The quantitative estimate of drug-likeness (QED) is 0.177. The van der Waals surface area contributed by atoms with Gasteiger partial charge >= 0.3 is 5.97 Å². The zero-order valence-electron chi connectivity index (χ0n) is 15.5. The summed E-state index contributed by atoms with van der Waals surface area (Å²) >= 11 is 0. The van der Waals surface area contributed by atoms with Crippen molar-refractivity contribution in [2.24, 2.45) is 0 Å². The van der Waals surface area contributed by atoms with Gasteiger partial charge in [0.1, 0.15) is 0 Å². The van der Waals surface area contributed by atoms with Crippen LogP contribution in [0.4, 0.5) is 0 Å². The molecule has 0 saturated carbocycles. The first-order valence-electron chi connectivity index (χ1n) is 8.59. The SMILES string of the molecule is CCCCC/C=C\C/C=C\C/C=C\C/C=C\CCCC(=O)O.P.[Ca]. The summed E-state index contributed by atoms with van der Waals surface area (Å²) < 4.78 is 0. The number of unbranched alkanes of at least 4 members (excludes halogenated alkanes) is 4. The van der Waals surface area contributed by atoms with Crippen molar-refractivity contribution in [1.29, 1.82) is 0 Å². The summed E-state index contributed by atoms with van der Waals surface area (Å²) in [5, 5.41) is 8.49. The van der Waals surface area contributed by atoms with Gasteiger partial charge in [-0.1, -0.05) is 68.4 Å². The van der Waals surface area contributed by atoms with Crippen molar-refractivity contribution in [3.05, 3.63) is 48.6 Å². The van der Waals surface area contributed by atoms with Crippen molar-refractivity contribution in [2.75, 3.05) is 0 Å². The van der Waals surface area contributed by atoms with Gasteiger partial charge in [-0.05, 0) is 44.9 Å². The van der Waals surface area contributed by atoms with Crippen molar-refractivity contribution < 1.29 is 9.90 Å². The Morgan fingerprint density at radius 3 is 1.58 bits per heavy atom. The molecule has 24 heavy (non-hydrogen) atoms. The molecule has 0 aromatic heterocycles. The summed E-state index contributed by atoms with van der Waals surface area (Å²) in [5.41, 5.74) is 0. The summed E-state index contributed by atoms with van der Waals surface area (Å²) in [5.74, 6) is -0.712. The van der Waals surface area contributed by atoms with Crippen LogP contribution in [0.3, 0.4) is 0 Å². The molecular weight excluding hydrogens is 343 g/mol. The molecule has 0 amide bonds. The van der Waals surface area contributed by atoms with E-state index in [-0.39, 0.29) is 54.1 Å². The van der Waals surface area contributed by atoms with Gasteiger partial charge in [-0.25, -0.2) is 0 Å². The Hall–Kier alpha value is 0.120. The van der Waals surface area contributed by atoms with Crippen molar-refractivity contribution in [3.63, 3.8) is 0 Å². The minimum Gasteiger partial charge on any atom is -0.481 e. The molecule has 1 atom stereocenters. The average Bonchev–Trinajstić information content (AvgIpc) is 2.50. The van der Waals surface area contributed by atoms with Crippen LogP contribution in [0.15, 0.2) is 48.6 Å². The maximum Gasteiger partial charge on any atom is 0.303 e. The van der Waals surface area contributed by atoms with Gasteiger partial charge in [-0.15, -0.1) is 0 Å². The van der Waals surface area contributed by atoms with Crippen molar-refractivity contribution in [2.45, 2.75) is 71.1 Å². The van der Waals surface area contributed by atoms with E-state index in [0.717, 1.165) is 32.1 Å². The third-order valence-corrected chi connectivity index (χ3v) is 3.22. The van der Waals surface area contributed by atoms with Crippen molar-refractivity contribution in [3.8, 4) is 0 Å².